The van der Waals surface area contributed by atoms with Crippen LogP contribution in [0.25, 0.3) is 6.08 Å². The molecule has 2 aliphatic rings. The van der Waals surface area contributed by atoms with Crippen LogP contribution in [0.15, 0.2) is 51.3 Å². The quantitative estimate of drug-likeness (QED) is 0.758. The number of hydrogen-bond acceptors (Lipinski definition) is 3. The summed E-state index contributed by atoms with van der Waals surface area (Å²) >= 11 is 7.68. The fraction of sp³-hybridized carbons (Fsp3) is 0.294. The van der Waals surface area contributed by atoms with Crippen molar-refractivity contribution in [2.24, 2.45) is 4.99 Å². The van der Waals surface area contributed by atoms with E-state index in [1.165, 1.54) is 31.0 Å². The number of allylic oxidation sites excluding steroid dienone is 2. The van der Waals surface area contributed by atoms with Gasteiger partial charge in [0.15, 0.2) is 5.17 Å². The highest BCUT2D eigenvalue weighted by atomic mass is 35.5. The number of hydrogen-bond donors (Lipinski definition) is 0. The zero-order valence-electron chi connectivity index (χ0n) is 12.2. The lowest BCUT2D eigenvalue weighted by molar-refractivity contribution is -0.113. The van der Waals surface area contributed by atoms with Crippen LogP contribution in [0.3, 0.4) is 0 Å². The molecule has 0 bridgehead atoms. The van der Waals surface area contributed by atoms with E-state index in [2.05, 4.69) is 9.89 Å². The Labute approximate surface area is 139 Å². The van der Waals surface area contributed by atoms with Crippen molar-refractivity contribution in [1.82, 2.24) is 4.90 Å². The minimum atomic E-state index is -0.190. The molecule has 22 heavy (non-hydrogen) atoms. The molecule has 0 aliphatic carbocycles. The van der Waals surface area contributed by atoms with Crippen LogP contribution in [0.5, 0.6) is 0 Å². The molecule has 2 aliphatic heterocycles. The molecule has 1 saturated heterocycles. The second-order valence-electron chi connectivity index (χ2n) is 5.30. The van der Waals surface area contributed by atoms with E-state index in [-0.39, 0.29) is 5.91 Å². The normalized spacial score (nSPS) is 21.4. The van der Waals surface area contributed by atoms with Gasteiger partial charge < -0.3 is 4.90 Å². The summed E-state index contributed by atoms with van der Waals surface area (Å²) in [5.41, 5.74) is 1.01. The molecule has 0 N–H and O–H groups in total. The van der Waals surface area contributed by atoms with Gasteiger partial charge in [-0.25, -0.2) is 0 Å². The van der Waals surface area contributed by atoms with Crippen molar-refractivity contribution in [3.8, 4) is 0 Å². The molecule has 1 aromatic rings. The number of halogens is 1. The van der Waals surface area contributed by atoms with Gasteiger partial charge in [-0.05, 0) is 48.7 Å². The van der Waals surface area contributed by atoms with E-state index in [4.69, 9.17) is 11.6 Å². The van der Waals surface area contributed by atoms with Crippen LogP contribution in [0, 0.1) is 0 Å². The maximum absolute atomic E-state index is 12.0. The molecule has 2 heterocycles. The van der Waals surface area contributed by atoms with E-state index in [1.807, 2.05) is 36.4 Å². The number of likely N-dealkylation sites (tertiary alicyclic amines) is 1. The highest BCUT2D eigenvalue weighted by Gasteiger charge is 2.26. The van der Waals surface area contributed by atoms with Crippen molar-refractivity contribution in [2.75, 3.05) is 13.1 Å². The molecule has 1 aromatic carbocycles. The van der Waals surface area contributed by atoms with Gasteiger partial charge in [-0.15, -0.1) is 0 Å². The van der Waals surface area contributed by atoms with Gasteiger partial charge in [0.1, 0.15) is 0 Å². The first kappa shape index (κ1) is 15.4. The molecular weight excluding hydrogens is 316 g/mol. The first-order valence-electron chi connectivity index (χ1n) is 7.42. The lowest BCUT2D eigenvalue weighted by atomic mass is 10.1. The monoisotopic (exact) mass is 332 g/mol. The maximum atomic E-state index is 12.0. The summed E-state index contributed by atoms with van der Waals surface area (Å²) in [5, 5.41) is 1.36. The Balaban J connectivity index is 1.71. The molecule has 1 amide bonds. The van der Waals surface area contributed by atoms with Crippen LogP contribution in [-0.2, 0) is 4.79 Å². The first-order valence-corrected chi connectivity index (χ1v) is 8.61. The molecular formula is C17H17ClN2OS. The zero-order valence-corrected chi connectivity index (χ0v) is 13.7. The van der Waals surface area contributed by atoms with Gasteiger partial charge in [0, 0.05) is 18.1 Å². The fourth-order valence-corrected chi connectivity index (χ4v) is 3.75. The first-order chi connectivity index (χ1) is 10.7. The average molecular weight is 333 g/mol. The molecule has 0 atom stereocenters. The number of amides is 1. The zero-order chi connectivity index (χ0) is 15.4. The number of piperidine rings is 1. The number of benzene rings is 1. The lowest BCUT2D eigenvalue weighted by Gasteiger charge is -2.27. The number of carbonyl (C=O) groups is 1. The van der Waals surface area contributed by atoms with E-state index in [1.54, 1.807) is 6.08 Å². The van der Waals surface area contributed by atoms with Crippen LogP contribution >= 0.6 is 23.4 Å². The SMILES string of the molecule is O=C1N=C(N2CCCCC2)S/C1=C\C(Cl)=C\c1ccccc1. The molecule has 5 heteroatoms. The van der Waals surface area contributed by atoms with Crippen LogP contribution in [-0.4, -0.2) is 29.1 Å². The second-order valence-corrected chi connectivity index (χ2v) is 6.74. The van der Waals surface area contributed by atoms with Crippen molar-refractivity contribution >= 4 is 40.5 Å². The van der Waals surface area contributed by atoms with Crippen molar-refractivity contribution < 1.29 is 4.79 Å². The second kappa shape index (κ2) is 7.16. The highest BCUT2D eigenvalue weighted by molar-refractivity contribution is 8.18. The third-order valence-electron chi connectivity index (χ3n) is 3.61. The Morgan fingerprint density at radius 1 is 1.18 bits per heavy atom. The van der Waals surface area contributed by atoms with Crippen LogP contribution in [0.1, 0.15) is 24.8 Å². The van der Waals surface area contributed by atoms with Crippen molar-refractivity contribution in [3.63, 3.8) is 0 Å². The van der Waals surface area contributed by atoms with Crippen molar-refractivity contribution in [1.29, 1.82) is 0 Å². The predicted octanol–water partition coefficient (Wildman–Crippen LogP) is 4.27. The number of amidine groups is 1. The average Bonchev–Trinajstić information content (AvgIpc) is 2.90. The topological polar surface area (TPSA) is 32.7 Å². The minimum Gasteiger partial charge on any atom is -0.351 e. The van der Waals surface area contributed by atoms with E-state index in [9.17, 15) is 4.79 Å². The summed E-state index contributed by atoms with van der Waals surface area (Å²) in [5.74, 6) is -0.190. The molecule has 0 saturated carbocycles. The van der Waals surface area contributed by atoms with Gasteiger partial charge in [0.05, 0.1) is 4.91 Å². The third kappa shape index (κ3) is 3.81. The number of carbonyl (C=O) groups excluding carboxylic acids is 1. The minimum absolute atomic E-state index is 0.190. The molecule has 1 fully saturated rings. The maximum Gasteiger partial charge on any atom is 0.286 e. The van der Waals surface area contributed by atoms with Gasteiger partial charge in [-0.3, -0.25) is 4.79 Å². The van der Waals surface area contributed by atoms with Gasteiger partial charge in [-0.1, -0.05) is 41.9 Å². The standard InChI is InChI=1S/C17H17ClN2OS/c18-14(11-13-7-3-1-4-8-13)12-15-16(21)19-17(22-15)20-9-5-2-6-10-20/h1,3-4,7-8,11-12H,2,5-6,9-10H2/b14-11-,15-12-. The van der Waals surface area contributed by atoms with Gasteiger partial charge >= 0.3 is 0 Å². The molecule has 3 rings (SSSR count). The Bertz CT molecular complexity index is 646. The number of aliphatic imine (C=N–C) groups is 1. The molecule has 0 spiro atoms. The summed E-state index contributed by atoms with van der Waals surface area (Å²) in [6.45, 7) is 1.97. The van der Waals surface area contributed by atoms with Crippen LogP contribution in [0.4, 0.5) is 0 Å². The summed E-state index contributed by atoms with van der Waals surface area (Å²) in [6, 6.07) is 9.81. The Morgan fingerprint density at radius 3 is 2.64 bits per heavy atom. The molecule has 0 unspecified atom stereocenters. The predicted molar refractivity (Wildman–Crippen MR) is 93.8 cm³/mol. The van der Waals surface area contributed by atoms with Crippen molar-refractivity contribution in [2.45, 2.75) is 19.3 Å². The molecule has 0 radical (unpaired) electrons. The van der Waals surface area contributed by atoms with E-state index in [0.29, 0.717) is 9.94 Å². The summed E-state index contributed by atoms with van der Waals surface area (Å²) in [6.07, 6.45) is 7.16. The Hall–Kier alpha value is -1.52. The Kier molecular flexibility index (Phi) is 5.01. The smallest absolute Gasteiger partial charge is 0.286 e. The number of nitrogens with zero attached hydrogens (tertiary/aromatic N) is 2. The third-order valence-corrected chi connectivity index (χ3v) is 4.87. The summed E-state index contributed by atoms with van der Waals surface area (Å²) in [4.78, 5) is 19.0. The molecule has 114 valence electrons. The largest absolute Gasteiger partial charge is 0.351 e. The van der Waals surface area contributed by atoms with Crippen LogP contribution in [0.2, 0.25) is 0 Å². The van der Waals surface area contributed by atoms with Gasteiger partial charge in [0.25, 0.3) is 5.91 Å². The Morgan fingerprint density at radius 2 is 1.91 bits per heavy atom. The summed E-state index contributed by atoms with van der Waals surface area (Å²) in [7, 11) is 0. The molecule has 0 aromatic heterocycles. The number of thioether (sulfide) groups is 1. The van der Waals surface area contributed by atoms with Crippen LogP contribution < -0.4 is 0 Å². The summed E-state index contributed by atoms with van der Waals surface area (Å²) < 4.78 is 0. The van der Waals surface area contributed by atoms with E-state index >= 15 is 0 Å². The van der Waals surface area contributed by atoms with Gasteiger partial charge in [0.2, 0.25) is 0 Å². The molecule has 3 nitrogen and oxygen atoms in total. The van der Waals surface area contributed by atoms with E-state index in [0.717, 1.165) is 23.8 Å². The van der Waals surface area contributed by atoms with Gasteiger partial charge in [-0.2, -0.15) is 4.99 Å². The number of rotatable bonds is 2. The van der Waals surface area contributed by atoms with E-state index < -0.39 is 0 Å². The fourth-order valence-electron chi connectivity index (χ4n) is 2.49. The van der Waals surface area contributed by atoms with Crippen molar-refractivity contribution in [3.05, 3.63) is 51.9 Å². The lowest BCUT2D eigenvalue weighted by Crippen LogP contribution is -2.33. The highest BCUT2D eigenvalue weighted by Crippen LogP contribution is 2.31.